The van der Waals surface area contributed by atoms with Gasteiger partial charge in [0.15, 0.2) is 0 Å². The SMILES string of the molecule is [CH2]CCCCC(C)=O. The zero-order valence-corrected chi connectivity index (χ0v) is 5.44. The molecule has 0 amide bonds. The first-order valence-corrected chi connectivity index (χ1v) is 3.06. The van der Waals surface area contributed by atoms with Crippen LogP contribution in [-0.4, -0.2) is 5.78 Å². The van der Waals surface area contributed by atoms with Crippen molar-refractivity contribution in [2.75, 3.05) is 0 Å². The lowest BCUT2D eigenvalue weighted by Gasteiger charge is -1.90. The number of ketones is 1. The number of carbonyl (C=O) groups is 1. The number of hydrogen-bond donors (Lipinski definition) is 0. The lowest BCUT2D eigenvalue weighted by atomic mass is 10.2. The first kappa shape index (κ1) is 7.67. The summed E-state index contributed by atoms with van der Waals surface area (Å²) in [7, 11) is 0. The summed E-state index contributed by atoms with van der Waals surface area (Å²) in [5.41, 5.74) is 0. The third kappa shape index (κ3) is 5.67. The Labute approximate surface area is 51.1 Å². The minimum atomic E-state index is 0.290. The molecule has 0 aliphatic rings. The highest BCUT2D eigenvalue weighted by Gasteiger charge is 1.89. The molecule has 0 aromatic rings. The first-order valence-electron chi connectivity index (χ1n) is 3.06. The molecule has 0 unspecified atom stereocenters. The van der Waals surface area contributed by atoms with Crippen LogP contribution in [0.1, 0.15) is 32.6 Å². The fourth-order valence-electron chi connectivity index (χ4n) is 0.551. The van der Waals surface area contributed by atoms with Crippen LogP contribution >= 0.6 is 0 Å². The molecule has 8 heavy (non-hydrogen) atoms. The van der Waals surface area contributed by atoms with E-state index in [1.165, 1.54) is 0 Å². The van der Waals surface area contributed by atoms with E-state index in [1.54, 1.807) is 6.92 Å². The standard InChI is InChI=1S/C7H13O/c1-3-4-5-6-7(2)8/h1,3-6H2,2H3. The summed E-state index contributed by atoms with van der Waals surface area (Å²) in [5.74, 6) is 0.290. The van der Waals surface area contributed by atoms with E-state index in [9.17, 15) is 4.79 Å². The summed E-state index contributed by atoms with van der Waals surface area (Å²) in [6.07, 6.45) is 3.78. The molecule has 0 rings (SSSR count). The highest BCUT2D eigenvalue weighted by atomic mass is 16.1. The fraction of sp³-hybridized carbons (Fsp3) is 0.714. The molecular formula is C7H13O. The molecule has 0 aromatic heterocycles. The van der Waals surface area contributed by atoms with Gasteiger partial charge in [0, 0.05) is 6.42 Å². The molecule has 1 nitrogen and oxygen atoms in total. The molecule has 0 atom stereocenters. The van der Waals surface area contributed by atoms with Gasteiger partial charge in [-0.1, -0.05) is 19.8 Å². The van der Waals surface area contributed by atoms with Crippen molar-refractivity contribution in [1.29, 1.82) is 0 Å². The van der Waals surface area contributed by atoms with Crippen molar-refractivity contribution in [2.45, 2.75) is 32.6 Å². The number of hydrogen-bond acceptors (Lipinski definition) is 1. The molecule has 0 saturated carbocycles. The number of carbonyl (C=O) groups excluding carboxylic acids is 1. The van der Waals surface area contributed by atoms with E-state index in [2.05, 4.69) is 6.92 Å². The molecule has 47 valence electrons. The average molecular weight is 113 g/mol. The molecule has 0 N–H and O–H groups in total. The molecule has 0 aliphatic carbocycles. The molecule has 0 fully saturated rings. The molecule has 0 aromatic carbocycles. The van der Waals surface area contributed by atoms with Gasteiger partial charge in [-0.15, -0.1) is 0 Å². The lowest BCUT2D eigenvalue weighted by Crippen LogP contribution is -1.87. The second-order valence-corrected chi connectivity index (χ2v) is 2.01. The maximum absolute atomic E-state index is 10.3. The Bertz CT molecular complexity index is 66.8. The van der Waals surface area contributed by atoms with Crippen LogP contribution in [0.3, 0.4) is 0 Å². The predicted octanol–water partition coefficient (Wildman–Crippen LogP) is 1.97. The quantitative estimate of drug-likeness (QED) is 0.509. The summed E-state index contributed by atoms with van der Waals surface area (Å²) in [4.78, 5) is 10.3. The highest BCUT2D eigenvalue weighted by Crippen LogP contribution is 1.97. The second kappa shape index (κ2) is 4.82. The van der Waals surface area contributed by atoms with Gasteiger partial charge >= 0.3 is 0 Å². The van der Waals surface area contributed by atoms with Crippen molar-refractivity contribution in [3.63, 3.8) is 0 Å². The Balaban J connectivity index is 2.82. The summed E-state index contributed by atoms with van der Waals surface area (Å²) in [5, 5.41) is 0. The van der Waals surface area contributed by atoms with Gasteiger partial charge in [0.25, 0.3) is 0 Å². The minimum absolute atomic E-state index is 0.290. The summed E-state index contributed by atoms with van der Waals surface area (Å²) >= 11 is 0. The van der Waals surface area contributed by atoms with Crippen LogP contribution in [0.25, 0.3) is 0 Å². The van der Waals surface area contributed by atoms with E-state index in [0.717, 1.165) is 25.7 Å². The first-order chi connectivity index (χ1) is 3.77. The minimum Gasteiger partial charge on any atom is -0.300 e. The Morgan fingerprint density at radius 3 is 2.50 bits per heavy atom. The van der Waals surface area contributed by atoms with E-state index in [0.29, 0.717) is 5.78 Å². The van der Waals surface area contributed by atoms with Crippen LogP contribution in [0.5, 0.6) is 0 Å². The van der Waals surface area contributed by atoms with Gasteiger partial charge in [0.1, 0.15) is 5.78 Å². The van der Waals surface area contributed by atoms with Crippen molar-refractivity contribution >= 4 is 5.78 Å². The summed E-state index contributed by atoms with van der Waals surface area (Å²) in [6.45, 7) is 5.30. The molecule has 0 aliphatic heterocycles. The molecule has 1 radical (unpaired) electrons. The van der Waals surface area contributed by atoms with Crippen LogP contribution in [0.2, 0.25) is 0 Å². The maximum atomic E-state index is 10.3. The monoisotopic (exact) mass is 113 g/mol. The second-order valence-electron chi connectivity index (χ2n) is 2.01. The van der Waals surface area contributed by atoms with E-state index >= 15 is 0 Å². The molecule has 1 heteroatoms. The van der Waals surface area contributed by atoms with Crippen LogP contribution < -0.4 is 0 Å². The van der Waals surface area contributed by atoms with Gasteiger partial charge in [0.2, 0.25) is 0 Å². The van der Waals surface area contributed by atoms with E-state index in [-0.39, 0.29) is 0 Å². The third-order valence-electron chi connectivity index (χ3n) is 1.03. The number of rotatable bonds is 4. The third-order valence-corrected chi connectivity index (χ3v) is 1.03. The van der Waals surface area contributed by atoms with E-state index in [4.69, 9.17) is 0 Å². The van der Waals surface area contributed by atoms with Crippen molar-refractivity contribution in [3.8, 4) is 0 Å². The largest absolute Gasteiger partial charge is 0.300 e. The fourth-order valence-corrected chi connectivity index (χ4v) is 0.551. The topological polar surface area (TPSA) is 17.1 Å². The molecule has 0 saturated heterocycles. The summed E-state index contributed by atoms with van der Waals surface area (Å²) < 4.78 is 0. The molecule has 0 bridgehead atoms. The van der Waals surface area contributed by atoms with Gasteiger partial charge < -0.3 is 4.79 Å². The molecule has 0 heterocycles. The smallest absolute Gasteiger partial charge is 0.129 e. The molecule has 0 spiro atoms. The van der Waals surface area contributed by atoms with Gasteiger partial charge in [-0.3, -0.25) is 0 Å². The van der Waals surface area contributed by atoms with Crippen molar-refractivity contribution in [1.82, 2.24) is 0 Å². The Morgan fingerprint density at radius 1 is 1.50 bits per heavy atom. The zero-order chi connectivity index (χ0) is 6.41. The van der Waals surface area contributed by atoms with Crippen LogP contribution in [-0.2, 0) is 4.79 Å². The van der Waals surface area contributed by atoms with Crippen LogP contribution in [0.15, 0.2) is 0 Å². The van der Waals surface area contributed by atoms with E-state index in [1.807, 2.05) is 0 Å². The Kier molecular flexibility index (Phi) is 4.62. The normalized spacial score (nSPS) is 9.25. The van der Waals surface area contributed by atoms with E-state index < -0.39 is 0 Å². The Morgan fingerprint density at radius 2 is 2.12 bits per heavy atom. The zero-order valence-electron chi connectivity index (χ0n) is 5.44. The highest BCUT2D eigenvalue weighted by molar-refractivity contribution is 5.75. The van der Waals surface area contributed by atoms with Gasteiger partial charge in [-0.05, 0) is 13.3 Å². The average Bonchev–Trinajstić information content (AvgIpc) is 1.66. The van der Waals surface area contributed by atoms with Gasteiger partial charge in [0.05, 0.1) is 0 Å². The van der Waals surface area contributed by atoms with Crippen LogP contribution in [0, 0.1) is 6.92 Å². The number of Topliss-reactive ketones (excluding diaryl/α,β-unsaturated/α-hetero) is 1. The maximum Gasteiger partial charge on any atom is 0.129 e. The van der Waals surface area contributed by atoms with Gasteiger partial charge in [-0.25, -0.2) is 0 Å². The van der Waals surface area contributed by atoms with Crippen molar-refractivity contribution < 1.29 is 4.79 Å². The molecular weight excluding hydrogens is 100 g/mol. The van der Waals surface area contributed by atoms with Crippen LogP contribution in [0.4, 0.5) is 0 Å². The Hall–Kier alpha value is -0.330. The number of unbranched alkanes of at least 4 members (excludes halogenated alkanes) is 2. The lowest BCUT2D eigenvalue weighted by molar-refractivity contribution is -0.117. The van der Waals surface area contributed by atoms with Crippen molar-refractivity contribution in [3.05, 3.63) is 6.92 Å². The van der Waals surface area contributed by atoms with Crippen molar-refractivity contribution in [2.24, 2.45) is 0 Å². The van der Waals surface area contributed by atoms with Gasteiger partial charge in [-0.2, -0.15) is 0 Å². The predicted molar refractivity (Wildman–Crippen MR) is 34.5 cm³/mol. The summed E-state index contributed by atoms with van der Waals surface area (Å²) in [6, 6.07) is 0.